The van der Waals surface area contributed by atoms with Gasteiger partial charge in [0.1, 0.15) is 0 Å². The van der Waals surface area contributed by atoms with E-state index in [2.05, 4.69) is 31.0 Å². The van der Waals surface area contributed by atoms with Gasteiger partial charge in [-0.15, -0.1) is 0 Å². The second-order valence-corrected chi connectivity index (χ2v) is 6.97. The van der Waals surface area contributed by atoms with Crippen LogP contribution in [0.4, 0.5) is 0 Å². The van der Waals surface area contributed by atoms with E-state index in [1.165, 1.54) is 12.8 Å². The molecule has 2 atom stereocenters. The molecule has 0 bridgehead atoms. The number of rotatable bonds is 7. The third-order valence-corrected chi connectivity index (χ3v) is 4.42. The number of nitrogens with zero attached hydrogens (tertiary/aromatic N) is 1. The van der Waals surface area contributed by atoms with Gasteiger partial charge in [0, 0.05) is 19.6 Å². The normalized spacial score (nSPS) is 28.9. The molecule has 0 spiro atoms. The number of aliphatic hydroxyl groups is 1. The molecule has 0 amide bonds. The lowest BCUT2D eigenvalue weighted by molar-refractivity contribution is 0.0427. The quantitative estimate of drug-likeness (QED) is 0.746. The van der Waals surface area contributed by atoms with E-state index in [1.807, 2.05) is 6.92 Å². The molecule has 0 saturated carbocycles. The number of hydrogen-bond acceptors (Lipinski definition) is 3. The monoisotopic (exact) mass is 270 g/mol. The molecule has 0 aromatic rings. The van der Waals surface area contributed by atoms with Gasteiger partial charge in [0.25, 0.3) is 0 Å². The van der Waals surface area contributed by atoms with Crippen LogP contribution in [0.25, 0.3) is 0 Å². The van der Waals surface area contributed by atoms with Gasteiger partial charge < -0.3 is 15.3 Å². The van der Waals surface area contributed by atoms with Gasteiger partial charge >= 0.3 is 0 Å². The van der Waals surface area contributed by atoms with Crippen molar-refractivity contribution in [1.82, 2.24) is 10.2 Å². The van der Waals surface area contributed by atoms with Gasteiger partial charge in [-0.2, -0.15) is 0 Å². The summed E-state index contributed by atoms with van der Waals surface area (Å²) >= 11 is 0. The van der Waals surface area contributed by atoms with Crippen LogP contribution in [0.5, 0.6) is 0 Å². The van der Waals surface area contributed by atoms with Crippen LogP contribution in [0, 0.1) is 5.41 Å². The first-order valence-electron chi connectivity index (χ1n) is 8.06. The van der Waals surface area contributed by atoms with Crippen LogP contribution < -0.4 is 5.32 Å². The summed E-state index contributed by atoms with van der Waals surface area (Å²) in [6.07, 6.45) is 5.49. The minimum absolute atomic E-state index is 0.362. The Kier molecular flexibility index (Phi) is 6.78. The van der Waals surface area contributed by atoms with E-state index in [0.29, 0.717) is 5.41 Å². The van der Waals surface area contributed by atoms with E-state index >= 15 is 0 Å². The van der Waals surface area contributed by atoms with Crippen molar-refractivity contribution < 1.29 is 5.11 Å². The van der Waals surface area contributed by atoms with Gasteiger partial charge in [0.05, 0.1) is 5.60 Å². The van der Waals surface area contributed by atoms with E-state index in [9.17, 15) is 5.11 Å². The molecule has 0 radical (unpaired) electrons. The average Bonchev–Trinajstić information content (AvgIpc) is 2.49. The molecular weight excluding hydrogens is 236 g/mol. The smallest absolute Gasteiger partial charge is 0.0632 e. The van der Waals surface area contributed by atoms with Crippen LogP contribution in [0.1, 0.15) is 59.8 Å². The van der Waals surface area contributed by atoms with E-state index in [4.69, 9.17) is 0 Å². The third kappa shape index (κ3) is 6.24. The molecule has 1 heterocycles. The molecule has 1 aliphatic heterocycles. The van der Waals surface area contributed by atoms with Gasteiger partial charge in [-0.1, -0.05) is 27.2 Å². The van der Waals surface area contributed by atoms with Crippen molar-refractivity contribution in [3.05, 3.63) is 0 Å². The van der Waals surface area contributed by atoms with Gasteiger partial charge in [-0.3, -0.25) is 0 Å². The van der Waals surface area contributed by atoms with Crippen molar-refractivity contribution in [2.45, 2.75) is 65.4 Å². The second kappa shape index (κ2) is 7.61. The van der Waals surface area contributed by atoms with Crippen LogP contribution in [0.2, 0.25) is 0 Å². The minimum Gasteiger partial charge on any atom is -0.390 e. The van der Waals surface area contributed by atoms with Gasteiger partial charge in [-0.05, 0) is 51.1 Å². The molecule has 1 saturated heterocycles. The first-order valence-corrected chi connectivity index (χ1v) is 8.06. The molecular formula is C16H34N2O. The lowest BCUT2D eigenvalue weighted by Gasteiger charge is -2.35. The maximum atomic E-state index is 10.2. The summed E-state index contributed by atoms with van der Waals surface area (Å²) in [5, 5.41) is 13.7. The Labute approximate surface area is 119 Å². The summed E-state index contributed by atoms with van der Waals surface area (Å²) in [6, 6.07) is 0. The van der Waals surface area contributed by atoms with Crippen molar-refractivity contribution in [2.75, 3.05) is 32.7 Å². The topological polar surface area (TPSA) is 35.5 Å². The summed E-state index contributed by atoms with van der Waals surface area (Å²) < 4.78 is 0. The van der Waals surface area contributed by atoms with Crippen molar-refractivity contribution in [2.24, 2.45) is 5.41 Å². The standard InChI is InChI=1S/C16H34N2O/c1-5-8-15(3,13-17-6-2)14-18-11-7-9-16(4,19)10-12-18/h17,19H,5-14H2,1-4H3. The predicted octanol–water partition coefficient (Wildman–Crippen LogP) is 2.64. The Bertz CT molecular complexity index is 255. The SMILES string of the molecule is CCCC(C)(CNCC)CN1CCCC(C)(O)CC1. The van der Waals surface area contributed by atoms with E-state index < -0.39 is 5.60 Å². The zero-order chi connectivity index (χ0) is 14.4. The molecule has 0 aromatic heterocycles. The third-order valence-electron chi connectivity index (χ3n) is 4.42. The Morgan fingerprint density at radius 2 is 2.00 bits per heavy atom. The molecule has 2 unspecified atom stereocenters. The highest BCUT2D eigenvalue weighted by Crippen LogP contribution is 2.27. The number of likely N-dealkylation sites (tertiary alicyclic amines) is 1. The molecule has 3 heteroatoms. The zero-order valence-electron chi connectivity index (χ0n) is 13.5. The highest BCUT2D eigenvalue weighted by atomic mass is 16.3. The second-order valence-electron chi connectivity index (χ2n) is 6.97. The molecule has 0 aromatic carbocycles. The number of hydrogen-bond donors (Lipinski definition) is 2. The molecule has 2 N–H and O–H groups in total. The average molecular weight is 270 g/mol. The molecule has 0 aliphatic carbocycles. The first kappa shape index (κ1) is 16.9. The summed E-state index contributed by atoms with van der Waals surface area (Å²) in [5.74, 6) is 0. The fraction of sp³-hybridized carbons (Fsp3) is 1.00. The van der Waals surface area contributed by atoms with Crippen molar-refractivity contribution >= 4 is 0 Å². The zero-order valence-corrected chi connectivity index (χ0v) is 13.5. The van der Waals surface area contributed by atoms with Gasteiger partial charge in [0.2, 0.25) is 0 Å². The molecule has 3 nitrogen and oxygen atoms in total. The van der Waals surface area contributed by atoms with E-state index in [1.54, 1.807) is 0 Å². The summed E-state index contributed by atoms with van der Waals surface area (Å²) in [7, 11) is 0. The fourth-order valence-corrected chi connectivity index (χ4v) is 3.27. The van der Waals surface area contributed by atoms with Crippen LogP contribution in [0.3, 0.4) is 0 Å². The summed E-state index contributed by atoms with van der Waals surface area (Å²) in [6.45, 7) is 14.3. The highest BCUT2D eigenvalue weighted by Gasteiger charge is 2.30. The van der Waals surface area contributed by atoms with Crippen LogP contribution in [-0.4, -0.2) is 48.3 Å². The lowest BCUT2D eigenvalue weighted by atomic mass is 9.84. The molecule has 1 rings (SSSR count). The van der Waals surface area contributed by atoms with E-state index in [-0.39, 0.29) is 0 Å². The predicted molar refractivity (Wildman–Crippen MR) is 82.5 cm³/mol. The fourth-order valence-electron chi connectivity index (χ4n) is 3.27. The van der Waals surface area contributed by atoms with Gasteiger partial charge in [-0.25, -0.2) is 0 Å². The largest absolute Gasteiger partial charge is 0.390 e. The molecule has 1 aliphatic rings. The van der Waals surface area contributed by atoms with Crippen LogP contribution in [-0.2, 0) is 0 Å². The summed E-state index contributed by atoms with van der Waals surface area (Å²) in [4.78, 5) is 2.56. The maximum absolute atomic E-state index is 10.2. The first-order chi connectivity index (χ1) is 8.91. The van der Waals surface area contributed by atoms with Gasteiger partial charge in [0.15, 0.2) is 0 Å². The van der Waals surface area contributed by atoms with Crippen LogP contribution >= 0.6 is 0 Å². The summed E-state index contributed by atoms with van der Waals surface area (Å²) in [5.41, 5.74) is -0.0848. The number of nitrogens with one attached hydrogen (secondary N) is 1. The van der Waals surface area contributed by atoms with Crippen molar-refractivity contribution in [3.8, 4) is 0 Å². The Hall–Kier alpha value is -0.120. The molecule has 1 fully saturated rings. The Morgan fingerprint density at radius 3 is 2.63 bits per heavy atom. The van der Waals surface area contributed by atoms with Crippen molar-refractivity contribution in [3.63, 3.8) is 0 Å². The van der Waals surface area contributed by atoms with E-state index in [0.717, 1.165) is 52.0 Å². The lowest BCUT2D eigenvalue weighted by Crippen LogP contribution is -2.43. The van der Waals surface area contributed by atoms with Crippen LogP contribution in [0.15, 0.2) is 0 Å². The highest BCUT2D eigenvalue weighted by molar-refractivity contribution is 4.84. The maximum Gasteiger partial charge on any atom is 0.0632 e. The molecule has 19 heavy (non-hydrogen) atoms. The van der Waals surface area contributed by atoms with Crippen molar-refractivity contribution in [1.29, 1.82) is 0 Å². The molecule has 114 valence electrons. The minimum atomic E-state index is -0.447. The Morgan fingerprint density at radius 1 is 1.26 bits per heavy atom. The Balaban J connectivity index is 2.53.